The minimum Gasteiger partial charge on any atom is -0.464 e. The molecule has 0 fully saturated rings. The maximum Gasteiger partial charge on any atom is 0.354 e. The lowest BCUT2D eigenvalue weighted by atomic mass is 10.2. The topological polar surface area (TPSA) is 84.0 Å². The Bertz CT molecular complexity index is 701. The van der Waals surface area contributed by atoms with E-state index in [-0.39, 0.29) is 19.0 Å². The van der Waals surface area contributed by atoms with Crippen molar-refractivity contribution in [2.75, 3.05) is 20.4 Å². The van der Waals surface area contributed by atoms with Gasteiger partial charge in [0.15, 0.2) is 0 Å². The van der Waals surface area contributed by atoms with Crippen LogP contribution in [0.4, 0.5) is 0 Å². The van der Waals surface area contributed by atoms with Crippen LogP contribution in [0.5, 0.6) is 0 Å². The summed E-state index contributed by atoms with van der Waals surface area (Å²) in [5.74, 6) is -0.532. The molecule has 0 saturated heterocycles. The normalized spacial score (nSPS) is 12.2. The molecular weight excluding hydrogens is 272 g/mol. The van der Waals surface area contributed by atoms with Crippen molar-refractivity contribution in [1.29, 1.82) is 0 Å². The maximum atomic E-state index is 11.8. The Balaban J connectivity index is 2.55. The van der Waals surface area contributed by atoms with Gasteiger partial charge in [-0.2, -0.15) is 0 Å². The molecule has 0 spiro atoms. The zero-order chi connectivity index (χ0) is 15.2. The van der Waals surface area contributed by atoms with E-state index in [0.717, 1.165) is 16.5 Å². The van der Waals surface area contributed by atoms with Crippen molar-refractivity contribution < 1.29 is 19.7 Å². The molecule has 0 aliphatic carbocycles. The first-order valence-electron chi connectivity index (χ1n) is 6.32. The average molecular weight is 288 g/mol. The molecule has 110 valence electrons. The number of esters is 1. The lowest BCUT2D eigenvalue weighted by molar-refractivity contribution is -0.134. The molecule has 0 aliphatic rings. The molecule has 6 heteroatoms. The van der Waals surface area contributed by atoms with E-state index >= 15 is 0 Å². The van der Waals surface area contributed by atoms with Gasteiger partial charge in [0.05, 0.1) is 19.2 Å². The Kier molecular flexibility index (Phi) is 4.86. The van der Waals surface area contributed by atoms with Gasteiger partial charge >= 0.3 is 5.97 Å². The first-order chi connectivity index (χ1) is 10.2. The van der Waals surface area contributed by atoms with E-state index in [1.165, 1.54) is 13.2 Å². The van der Waals surface area contributed by atoms with Crippen molar-refractivity contribution in [2.45, 2.75) is 0 Å². The van der Waals surface area contributed by atoms with Gasteiger partial charge in [-0.1, -0.05) is 12.1 Å². The van der Waals surface area contributed by atoms with Gasteiger partial charge in [0.1, 0.15) is 12.4 Å². The molecule has 0 aliphatic heterocycles. The van der Waals surface area contributed by atoms with Gasteiger partial charge in [-0.25, -0.2) is 4.79 Å². The summed E-state index contributed by atoms with van der Waals surface area (Å²) in [6.45, 7) is -0.549. The van der Waals surface area contributed by atoms with Crippen LogP contribution < -0.4 is 0 Å². The summed E-state index contributed by atoms with van der Waals surface area (Å²) in [6.07, 6.45) is 4.67. The van der Waals surface area contributed by atoms with Crippen LogP contribution in [0, 0.1) is 0 Å². The van der Waals surface area contributed by atoms with E-state index in [2.05, 4.69) is 4.99 Å². The zero-order valence-electron chi connectivity index (χ0n) is 11.6. The van der Waals surface area contributed by atoms with Crippen molar-refractivity contribution >= 4 is 28.8 Å². The van der Waals surface area contributed by atoms with Crippen molar-refractivity contribution in [2.24, 2.45) is 4.99 Å². The number of aliphatic hydroxyl groups is 2. The highest BCUT2D eigenvalue weighted by atomic mass is 16.5. The quantitative estimate of drug-likeness (QED) is 0.489. The number of carbonyl (C=O) groups excluding carboxylic acids is 1. The monoisotopic (exact) mass is 288 g/mol. The second kappa shape index (κ2) is 6.83. The van der Waals surface area contributed by atoms with E-state index in [9.17, 15) is 4.79 Å². The molecule has 2 N–H and O–H groups in total. The Labute approximate surface area is 121 Å². The molecule has 0 amide bonds. The highest BCUT2D eigenvalue weighted by molar-refractivity contribution is 6.12. The van der Waals surface area contributed by atoms with Crippen LogP contribution in [-0.4, -0.2) is 47.4 Å². The van der Waals surface area contributed by atoms with Crippen LogP contribution in [-0.2, 0) is 9.53 Å². The van der Waals surface area contributed by atoms with Crippen LogP contribution in [0.3, 0.4) is 0 Å². The number of ether oxygens (including phenoxy) is 1. The fourth-order valence-electron chi connectivity index (χ4n) is 2.05. The lowest BCUT2D eigenvalue weighted by Gasteiger charge is -2.09. The van der Waals surface area contributed by atoms with Gasteiger partial charge in [0.25, 0.3) is 0 Å². The Morgan fingerprint density at radius 3 is 2.86 bits per heavy atom. The summed E-state index contributed by atoms with van der Waals surface area (Å²) in [5, 5.41) is 18.7. The SMILES string of the molecule is COC(=O)/C(=C/CO)n1ccc2ccc(/C=N/CO)cc21. The largest absolute Gasteiger partial charge is 0.464 e. The van der Waals surface area contributed by atoms with Crippen LogP contribution in [0.25, 0.3) is 16.6 Å². The standard InChI is InChI=1S/C15H16N2O4/c1-21-15(20)13(5-7-18)17-6-4-12-3-2-11(8-14(12)17)9-16-10-19/h2-6,8-9,18-19H,7,10H2,1H3/b13-5-,16-9+. The van der Waals surface area contributed by atoms with Crippen LogP contribution in [0.1, 0.15) is 5.56 Å². The lowest BCUT2D eigenvalue weighted by Crippen LogP contribution is -2.10. The molecule has 0 atom stereocenters. The molecule has 0 saturated carbocycles. The number of hydrogen-bond acceptors (Lipinski definition) is 5. The predicted molar refractivity (Wildman–Crippen MR) is 80.0 cm³/mol. The molecule has 1 heterocycles. The number of nitrogens with zero attached hydrogens (tertiary/aromatic N) is 2. The summed E-state index contributed by atoms with van der Waals surface area (Å²) >= 11 is 0. The third-order valence-corrected chi connectivity index (χ3v) is 2.98. The summed E-state index contributed by atoms with van der Waals surface area (Å²) in [7, 11) is 1.29. The number of aliphatic hydroxyl groups excluding tert-OH is 2. The number of aromatic nitrogens is 1. The van der Waals surface area contributed by atoms with Gasteiger partial charge in [0.2, 0.25) is 0 Å². The number of benzene rings is 1. The molecule has 1 aromatic heterocycles. The van der Waals surface area contributed by atoms with Gasteiger partial charge in [-0.3, -0.25) is 4.99 Å². The van der Waals surface area contributed by atoms with Crippen molar-refractivity contribution in [3.8, 4) is 0 Å². The molecular formula is C15H16N2O4. The molecule has 0 radical (unpaired) electrons. The number of methoxy groups -OCH3 is 1. The summed E-state index contributed by atoms with van der Waals surface area (Å²) in [5.41, 5.74) is 1.82. The van der Waals surface area contributed by atoms with Crippen LogP contribution in [0.2, 0.25) is 0 Å². The highest BCUT2D eigenvalue weighted by Crippen LogP contribution is 2.21. The molecule has 1 aromatic carbocycles. The second-order valence-electron chi connectivity index (χ2n) is 4.22. The third kappa shape index (κ3) is 3.18. The van der Waals surface area contributed by atoms with E-state index in [0.29, 0.717) is 0 Å². The minimum atomic E-state index is -0.532. The van der Waals surface area contributed by atoms with Gasteiger partial charge in [0, 0.05) is 12.4 Å². The number of rotatable bonds is 5. The van der Waals surface area contributed by atoms with Crippen LogP contribution in [0.15, 0.2) is 41.5 Å². The molecule has 0 bridgehead atoms. The maximum absolute atomic E-state index is 11.8. The van der Waals surface area contributed by atoms with E-state index in [4.69, 9.17) is 14.9 Å². The van der Waals surface area contributed by atoms with E-state index in [1.54, 1.807) is 17.0 Å². The Morgan fingerprint density at radius 2 is 2.19 bits per heavy atom. The van der Waals surface area contributed by atoms with Gasteiger partial charge in [-0.15, -0.1) is 0 Å². The molecule has 21 heavy (non-hydrogen) atoms. The number of hydrogen-bond donors (Lipinski definition) is 2. The van der Waals surface area contributed by atoms with Gasteiger partial charge in [-0.05, 0) is 29.2 Å². The van der Waals surface area contributed by atoms with Crippen LogP contribution >= 0.6 is 0 Å². The average Bonchev–Trinajstić information content (AvgIpc) is 2.92. The molecule has 0 unspecified atom stereocenters. The third-order valence-electron chi connectivity index (χ3n) is 2.98. The molecule has 2 rings (SSSR count). The summed E-state index contributed by atoms with van der Waals surface area (Å²) in [6, 6.07) is 7.44. The number of carbonyl (C=O) groups is 1. The summed E-state index contributed by atoms with van der Waals surface area (Å²) < 4.78 is 6.38. The minimum absolute atomic E-state index is 0.242. The Morgan fingerprint density at radius 1 is 1.38 bits per heavy atom. The fourth-order valence-corrected chi connectivity index (χ4v) is 2.05. The fraction of sp³-hybridized carbons (Fsp3) is 0.200. The number of fused-ring (bicyclic) bond motifs is 1. The van der Waals surface area contributed by atoms with Crippen molar-refractivity contribution in [3.05, 3.63) is 42.1 Å². The molecule has 6 nitrogen and oxygen atoms in total. The number of aliphatic imine (C=N–C) groups is 1. The highest BCUT2D eigenvalue weighted by Gasteiger charge is 2.14. The first-order valence-corrected chi connectivity index (χ1v) is 6.32. The van der Waals surface area contributed by atoms with E-state index in [1.807, 2.05) is 24.3 Å². The van der Waals surface area contributed by atoms with Gasteiger partial charge < -0.3 is 19.5 Å². The Hall–Kier alpha value is -2.44. The first kappa shape index (κ1) is 15.0. The smallest absolute Gasteiger partial charge is 0.354 e. The van der Waals surface area contributed by atoms with E-state index < -0.39 is 5.97 Å². The molecule has 2 aromatic rings. The van der Waals surface area contributed by atoms with Crippen molar-refractivity contribution in [1.82, 2.24) is 4.57 Å². The van der Waals surface area contributed by atoms with Crippen molar-refractivity contribution in [3.63, 3.8) is 0 Å². The summed E-state index contributed by atoms with van der Waals surface area (Å²) in [4.78, 5) is 15.6. The second-order valence-corrected chi connectivity index (χ2v) is 4.22. The zero-order valence-corrected chi connectivity index (χ0v) is 11.6. The predicted octanol–water partition coefficient (Wildman–Crippen LogP) is 1.02.